The van der Waals surface area contributed by atoms with Gasteiger partial charge < -0.3 is 10.2 Å². The van der Waals surface area contributed by atoms with Crippen molar-refractivity contribution in [3.8, 4) is 23.6 Å². The highest BCUT2D eigenvalue weighted by Crippen LogP contribution is 2.37. The number of urea groups is 1. The summed E-state index contributed by atoms with van der Waals surface area (Å²) in [5.74, 6) is 1.29. The lowest BCUT2D eigenvalue weighted by Crippen LogP contribution is -2.56. The Morgan fingerprint density at radius 1 is 0.965 bits per heavy atom. The molecule has 1 aromatic carbocycles. The normalized spacial score (nSPS) is 22.2. The van der Waals surface area contributed by atoms with Crippen LogP contribution in [0.5, 0.6) is 0 Å². The van der Waals surface area contributed by atoms with Gasteiger partial charge in [0.2, 0.25) is 5.91 Å². The first-order chi connectivity index (χ1) is 27.7. The average molecular weight is 767 g/mol. The molecular formula is C41H46N14O2. The Hall–Kier alpha value is -6.39. The smallest absolute Gasteiger partial charge is 0.328 e. The zero-order valence-corrected chi connectivity index (χ0v) is 32.4. The van der Waals surface area contributed by atoms with Crippen LogP contribution >= 0.6 is 0 Å². The van der Waals surface area contributed by atoms with Gasteiger partial charge in [-0.2, -0.15) is 20.3 Å². The van der Waals surface area contributed by atoms with Gasteiger partial charge in [0.15, 0.2) is 11.5 Å². The highest BCUT2D eigenvalue weighted by molar-refractivity contribution is 6.05. The highest BCUT2D eigenvalue weighted by Gasteiger charge is 2.31. The number of hydrogen-bond donors (Lipinski definition) is 2. The van der Waals surface area contributed by atoms with E-state index in [2.05, 4.69) is 83.9 Å². The molecule has 2 saturated heterocycles. The minimum absolute atomic E-state index is 0.227. The minimum Gasteiger partial charge on any atom is -0.368 e. The predicted molar refractivity (Wildman–Crippen MR) is 214 cm³/mol. The number of nitrogens with one attached hydrogen (secondary N) is 2. The van der Waals surface area contributed by atoms with Crippen LogP contribution in [0.4, 0.5) is 21.9 Å². The Labute approximate surface area is 331 Å². The summed E-state index contributed by atoms with van der Waals surface area (Å²) in [6.07, 6.45) is 12.8. The maximum Gasteiger partial charge on any atom is 0.328 e. The second-order valence-electron chi connectivity index (χ2n) is 15.6. The van der Waals surface area contributed by atoms with Gasteiger partial charge in [0.05, 0.1) is 41.6 Å². The number of carbonyl (C=O) groups excluding carboxylic acids is 2. The number of carbonyl (C=O) groups is 2. The van der Waals surface area contributed by atoms with Gasteiger partial charge in [-0.05, 0) is 95.7 Å². The molecule has 2 aliphatic heterocycles. The fourth-order valence-corrected chi connectivity index (χ4v) is 8.45. The topological polar surface area (TPSA) is 190 Å². The van der Waals surface area contributed by atoms with E-state index in [0.29, 0.717) is 65.3 Å². The maximum absolute atomic E-state index is 12.3. The molecule has 3 fully saturated rings. The van der Waals surface area contributed by atoms with E-state index in [-0.39, 0.29) is 11.9 Å². The van der Waals surface area contributed by atoms with Gasteiger partial charge in [0, 0.05) is 73.1 Å². The molecule has 5 aromatic rings. The number of anilines is 3. The molecule has 8 rings (SSSR count). The third-order valence-electron chi connectivity index (χ3n) is 11.7. The fourth-order valence-electron chi connectivity index (χ4n) is 8.45. The quantitative estimate of drug-likeness (QED) is 0.187. The third kappa shape index (κ3) is 7.86. The van der Waals surface area contributed by atoms with Crippen molar-refractivity contribution < 1.29 is 9.59 Å². The van der Waals surface area contributed by atoms with E-state index < -0.39 is 6.04 Å². The van der Waals surface area contributed by atoms with Crippen molar-refractivity contribution in [2.75, 3.05) is 41.3 Å². The standard InChI is InChI=1S/C41H46N14O2/c1-26(18-42)47-35-17-38(55-40-32(21-46-55)16-30(19-43)20-45-40)44-22-37(35)54-25-36(49-50-54)31-6-4-29(5-7-31)12-14-51-23-28(3)53(24-27(51)2)34-10-8-33(9-11-34)52-15-13-39(56)48-41(52)57/h8-11,16-17,20-22,25-29,31H,4-7,12-15,23-24H2,1-3H3,(H,44,47)(H,48,56,57)/t26-,27+,28-,29?,31?/m1/s1. The number of fused-ring (bicyclic) bond motifs is 1. The summed E-state index contributed by atoms with van der Waals surface area (Å²) in [6.45, 7) is 9.80. The van der Waals surface area contributed by atoms with Gasteiger partial charge in [-0.1, -0.05) is 5.21 Å². The van der Waals surface area contributed by atoms with Gasteiger partial charge >= 0.3 is 6.03 Å². The number of amides is 3. The Morgan fingerprint density at radius 3 is 2.51 bits per heavy atom. The highest BCUT2D eigenvalue weighted by atomic mass is 16.2. The zero-order chi connectivity index (χ0) is 39.6. The molecule has 1 saturated carbocycles. The molecule has 57 heavy (non-hydrogen) atoms. The van der Waals surface area contributed by atoms with Crippen LogP contribution in [-0.4, -0.2) is 95.9 Å². The number of rotatable bonds is 10. The Balaban J connectivity index is 0.859. The average Bonchev–Trinajstić information content (AvgIpc) is 3.89. The number of nitrogens with zero attached hydrogens (tertiary/aromatic N) is 12. The van der Waals surface area contributed by atoms with Crippen LogP contribution < -0.4 is 20.4 Å². The molecule has 2 N–H and O–H groups in total. The van der Waals surface area contributed by atoms with E-state index >= 15 is 0 Å². The van der Waals surface area contributed by atoms with E-state index in [4.69, 9.17) is 0 Å². The van der Waals surface area contributed by atoms with Gasteiger partial charge in [-0.25, -0.2) is 19.4 Å². The number of pyridine rings is 2. The second kappa shape index (κ2) is 16.0. The minimum atomic E-state index is -0.470. The summed E-state index contributed by atoms with van der Waals surface area (Å²) in [5, 5.41) is 38.8. The third-order valence-corrected chi connectivity index (χ3v) is 11.7. The van der Waals surface area contributed by atoms with Crippen molar-refractivity contribution in [1.82, 2.24) is 45.0 Å². The van der Waals surface area contributed by atoms with Crippen LogP contribution in [-0.2, 0) is 4.79 Å². The lowest BCUT2D eigenvalue weighted by atomic mass is 9.79. The molecule has 6 heterocycles. The Bertz CT molecular complexity index is 2350. The number of benzene rings is 1. The summed E-state index contributed by atoms with van der Waals surface area (Å²) in [7, 11) is 0. The Morgan fingerprint density at radius 2 is 1.75 bits per heavy atom. The van der Waals surface area contributed by atoms with Crippen LogP contribution in [0.1, 0.15) is 76.5 Å². The van der Waals surface area contributed by atoms with E-state index in [0.717, 1.165) is 67.8 Å². The molecule has 0 bridgehead atoms. The number of piperazine rings is 1. The number of aromatic nitrogens is 7. The lowest BCUT2D eigenvalue weighted by Gasteiger charge is -2.46. The van der Waals surface area contributed by atoms with Crippen LogP contribution in [0.2, 0.25) is 0 Å². The van der Waals surface area contributed by atoms with E-state index in [1.807, 2.05) is 24.4 Å². The van der Waals surface area contributed by atoms with Gasteiger partial charge in [-0.3, -0.25) is 19.9 Å². The van der Waals surface area contributed by atoms with Crippen molar-refractivity contribution in [3.05, 3.63) is 72.4 Å². The number of imide groups is 1. The predicted octanol–water partition coefficient (Wildman–Crippen LogP) is 5.30. The SMILES string of the molecule is C[C@H](C#N)Nc1cc(-n2ncc3cc(C#N)cnc32)ncc1-n1cc(C2CCC(CCN3C[C@@H](C)N(c4ccc(N5CCC(=O)NC5=O)cc4)C[C@@H]3C)CC2)nn1. The monoisotopic (exact) mass is 766 g/mol. The van der Waals surface area contributed by atoms with Crippen LogP contribution in [0.25, 0.3) is 22.5 Å². The Kier molecular flexibility index (Phi) is 10.5. The number of nitriles is 2. The molecular weight excluding hydrogens is 721 g/mol. The molecule has 1 aliphatic carbocycles. The summed E-state index contributed by atoms with van der Waals surface area (Å²) in [5.41, 5.74) is 5.28. The summed E-state index contributed by atoms with van der Waals surface area (Å²) in [6, 6.07) is 16.0. The van der Waals surface area contributed by atoms with Crippen molar-refractivity contribution in [1.29, 1.82) is 10.5 Å². The van der Waals surface area contributed by atoms with Crippen molar-refractivity contribution >= 4 is 40.0 Å². The first kappa shape index (κ1) is 37.5. The molecule has 0 spiro atoms. The summed E-state index contributed by atoms with van der Waals surface area (Å²) < 4.78 is 3.34. The van der Waals surface area contributed by atoms with E-state index in [9.17, 15) is 20.1 Å². The maximum atomic E-state index is 12.3. The fraction of sp³-hybridized carbons (Fsp3) is 0.439. The van der Waals surface area contributed by atoms with Crippen molar-refractivity contribution in [2.45, 2.75) is 83.3 Å². The summed E-state index contributed by atoms with van der Waals surface area (Å²) in [4.78, 5) is 39.7. The molecule has 3 atom stereocenters. The van der Waals surface area contributed by atoms with E-state index in [1.54, 1.807) is 39.6 Å². The van der Waals surface area contributed by atoms with Crippen LogP contribution in [0.15, 0.2) is 61.2 Å². The van der Waals surface area contributed by atoms with Gasteiger partial charge in [-0.15, -0.1) is 5.10 Å². The molecule has 3 amide bonds. The second-order valence-corrected chi connectivity index (χ2v) is 15.6. The first-order valence-corrected chi connectivity index (χ1v) is 19.7. The van der Waals surface area contributed by atoms with Gasteiger partial charge in [0.25, 0.3) is 0 Å². The van der Waals surface area contributed by atoms with E-state index in [1.165, 1.54) is 12.6 Å². The van der Waals surface area contributed by atoms with Crippen molar-refractivity contribution in [3.63, 3.8) is 0 Å². The molecule has 4 aromatic heterocycles. The lowest BCUT2D eigenvalue weighted by molar-refractivity contribution is -0.120. The molecule has 16 heteroatoms. The van der Waals surface area contributed by atoms with Crippen molar-refractivity contribution in [2.24, 2.45) is 5.92 Å². The largest absolute Gasteiger partial charge is 0.368 e. The molecule has 0 unspecified atom stereocenters. The molecule has 16 nitrogen and oxygen atoms in total. The molecule has 3 aliphatic rings. The molecule has 0 radical (unpaired) electrons. The van der Waals surface area contributed by atoms with Gasteiger partial charge in [0.1, 0.15) is 17.8 Å². The molecule has 292 valence electrons. The zero-order valence-electron chi connectivity index (χ0n) is 32.4. The van der Waals surface area contributed by atoms with Crippen LogP contribution in [0, 0.1) is 28.6 Å². The summed E-state index contributed by atoms with van der Waals surface area (Å²) >= 11 is 0. The first-order valence-electron chi connectivity index (χ1n) is 19.7. The van der Waals surface area contributed by atoms with Crippen LogP contribution in [0.3, 0.4) is 0 Å². The number of hydrogen-bond acceptors (Lipinski definition) is 12.